The second-order valence-electron chi connectivity index (χ2n) is 5.22. The van der Waals surface area contributed by atoms with Crippen LogP contribution in [0.25, 0.3) is 6.08 Å². The van der Waals surface area contributed by atoms with Gasteiger partial charge in [-0.1, -0.05) is 45.0 Å². The van der Waals surface area contributed by atoms with Gasteiger partial charge in [-0.25, -0.2) is 0 Å². The van der Waals surface area contributed by atoms with E-state index in [4.69, 9.17) is 0 Å². The van der Waals surface area contributed by atoms with Gasteiger partial charge in [-0.2, -0.15) is 0 Å². The van der Waals surface area contributed by atoms with Gasteiger partial charge in [0.25, 0.3) is 11.1 Å². The van der Waals surface area contributed by atoms with E-state index in [0.717, 1.165) is 17.3 Å². The molecule has 1 saturated heterocycles. The summed E-state index contributed by atoms with van der Waals surface area (Å²) < 4.78 is 0. The highest BCUT2D eigenvalue weighted by atomic mass is 32.2. The summed E-state index contributed by atoms with van der Waals surface area (Å²) in [5, 5.41) is 1.93. The fourth-order valence-electron chi connectivity index (χ4n) is 1.65. The van der Waals surface area contributed by atoms with Crippen molar-refractivity contribution in [1.82, 2.24) is 5.32 Å². The molecule has 94 valence electrons. The average molecular weight is 261 g/mol. The normalized spacial score (nSPS) is 18.3. The van der Waals surface area contributed by atoms with Crippen molar-refractivity contribution in [3.8, 4) is 0 Å². The zero-order valence-electron chi connectivity index (χ0n) is 10.6. The van der Waals surface area contributed by atoms with Crippen LogP contribution in [0.4, 0.5) is 4.79 Å². The van der Waals surface area contributed by atoms with Crippen LogP contribution in [0.5, 0.6) is 0 Å². The Labute approximate surface area is 111 Å². The van der Waals surface area contributed by atoms with Crippen LogP contribution in [0, 0.1) is 0 Å². The fraction of sp³-hybridized carbons (Fsp3) is 0.286. The standard InChI is InChI=1S/C14H15NO2S/c1-14(2,3)10-6-4-9(5-7-10)8-11-12(16)15-13(17)18-11/h4-8H,1-3H3,(H,15,16,17). The van der Waals surface area contributed by atoms with E-state index < -0.39 is 0 Å². The van der Waals surface area contributed by atoms with Gasteiger partial charge < -0.3 is 0 Å². The highest BCUT2D eigenvalue weighted by Gasteiger charge is 2.24. The molecule has 1 heterocycles. The van der Waals surface area contributed by atoms with Crippen LogP contribution in [0.1, 0.15) is 31.9 Å². The van der Waals surface area contributed by atoms with E-state index in [-0.39, 0.29) is 16.6 Å². The minimum absolute atomic E-state index is 0.112. The molecule has 0 aliphatic carbocycles. The molecule has 0 radical (unpaired) electrons. The van der Waals surface area contributed by atoms with Crippen molar-refractivity contribution in [3.05, 3.63) is 40.3 Å². The zero-order chi connectivity index (χ0) is 13.3. The molecule has 18 heavy (non-hydrogen) atoms. The second-order valence-corrected chi connectivity index (χ2v) is 6.24. The third-order valence-electron chi connectivity index (χ3n) is 2.72. The highest BCUT2D eigenvalue weighted by molar-refractivity contribution is 8.18. The lowest BCUT2D eigenvalue weighted by Gasteiger charge is -2.18. The number of benzene rings is 1. The van der Waals surface area contributed by atoms with E-state index in [1.807, 2.05) is 24.3 Å². The average Bonchev–Trinajstić information content (AvgIpc) is 2.57. The van der Waals surface area contributed by atoms with E-state index in [9.17, 15) is 9.59 Å². The van der Waals surface area contributed by atoms with Crippen molar-refractivity contribution in [3.63, 3.8) is 0 Å². The molecular weight excluding hydrogens is 246 g/mol. The van der Waals surface area contributed by atoms with Crippen molar-refractivity contribution in [2.75, 3.05) is 0 Å². The Hall–Kier alpha value is -1.55. The second kappa shape index (κ2) is 4.61. The Kier molecular flexibility index (Phi) is 3.30. The van der Waals surface area contributed by atoms with Crippen LogP contribution in [-0.4, -0.2) is 11.1 Å². The number of thioether (sulfide) groups is 1. The lowest BCUT2D eigenvalue weighted by molar-refractivity contribution is -0.115. The summed E-state index contributed by atoms with van der Waals surface area (Å²) in [6.45, 7) is 6.46. The van der Waals surface area contributed by atoms with Crippen molar-refractivity contribution in [1.29, 1.82) is 0 Å². The van der Waals surface area contributed by atoms with Gasteiger partial charge in [-0.3, -0.25) is 14.9 Å². The first-order valence-electron chi connectivity index (χ1n) is 5.72. The van der Waals surface area contributed by atoms with Gasteiger partial charge >= 0.3 is 0 Å². The van der Waals surface area contributed by atoms with Crippen molar-refractivity contribution < 1.29 is 9.59 Å². The smallest absolute Gasteiger partial charge is 0.282 e. The molecule has 2 rings (SSSR count). The molecular formula is C14H15NO2S. The Morgan fingerprint density at radius 1 is 1.11 bits per heavy atom. The number of carbonyl (C=O) groups excluding carboxylic acids is 2. The summed E-state index contributed by atoms with van der Waals surface area (Å²) in [6, 6.07) is 8.02. The number of rotatable bonds is 1. The van der Waals surface area contributed by atoms with Crippen LogP contribution >= 0.6 is 11.8 Å². The number of hydrogen-bond donors (Lipinski definition) is 1. The molecule has 0 saturated carbocycles. The molecule has 4 heteroatoms. The predicted octanol–water partition coefficient (Wildman–Crippen LogP) is 3.31. The summed E-state index contributed by atoms with van der Waals surface area (Å²) in [7, 11) is 0. The summed E-state index contributed by atoms with van der Waals surface area (Å²) in [5.41, 5.74) is 2.28. The maximum atomic E-state index is 11.4. The molecule has 0 aromatic heterocycles. The third kappa shape index (κ3) is 2.82. The van der Waals surface area contributed by atoms with E-state index >= 15 is 0 Å². The Bertz CT molecular complexity index is 524. The van der Waals surface area contributed by atoms with Crippen LogP contribution in [0.15, 0.2) is 29.2 Å². The summed E-state index contributed by atoms with van der Waals surface area (Å²) in [6.07, 6.45) is 1.73. The minimum atomic E-state index is -0.315. The minimum Gasteiger partial charge on any atom is -0.282 e. The fourth-order valence-corrected chi connectivity index (χ4v) is 2.33. The first-order chi connectivity index (χ1) is 8.36. The van der Waals surface area contributed by atoms with Crippen LogP contribution in [-0.2, 0) is 10.2 Å². The Morgan fingerprint density at radius 3 is 2.17 bits per heavy atom. The number of amides is 2. The molecule has 3 nitrogen and oxygen atoms in total. The van der Waals surface area contributed by atoms with Crippen molar-refractivity contribution >= 4 is 29.0 Å². The maximum absolute atomic E-state index is 11.4. The monoisotopic (exact) mass is 261 g/mol. The first kappa shape index (κ1) is 12.9. The molecule has 1 aliphatic rings. The number of hydrogen-bond acceptors (Lipinski definition) is 3. The van der Waals surface area contributed by atoms with Gasteiger partial charge in [0, 0.05) is 0 Å². The lowest BCUT2D eigenvalue weighted by Crippen LogP contribution is -2.17. The topological polar surface area (TPSA) is 46.2 Å². The summed E-state index contributed by atoms with van der Waals surface area (Å²) >= 11 is 0.940. The molecule has 1 aromatic rings. The van der Waals surface area contributed by atoms with Crippen molar-refractivity contribution in [2.24, 2.45) is 0 Å². The molecule has 0 bridgehead atoms. The van der Waals surface area contributed by atoms with Gasteiger partial charge in [0.2, 0.25) is 0 Å². The third-order valence-corrected chi connectivity index (χ3v) is 3.53. The molecule has 1 N–H and O–H groups in total. The van der Waals surface area contributed by atoms with Gasteiger partial charge in [-0.05, 0) is 34.4 Å². The van der Waals surface area contributed by atoms with Crippen molar-refractivity contribution in [2.45, 2.75) is 26.2 Å². The quantitative estimate of drug-likeness (QED) is 0.789. The number of imide groups is 1. The molecule has 0 unspecified atom stereocenters. The predicted molar refractivity (Wildman–Crippen MR) is 74.2 cm³/mol. The Balaban J connectivity index is 2.24. The van der Waals surface area contributed by atoms with Gasteiger partial charge in [0.1, 0.15) is 0 Å². The van der Waals surface area contributed by atoms with E-state index in [0.29, 0.717) is 4.91 Å². The van der Waals surface area contributed by atoms with Crippen LogP contribution in [0.3, 0.4) is 0 Å². The van der Waals surface area contributed by atoms with E-state index in [2.05, 4.69) is 26.1 Å². The molecule has 0 spiro atoms. The van der Waals surface area contributed by atoms with E-state index in [1.165, 1.54) is 5.56 Å². The van der Waals surface area contributed by atoms with Gasteiger partial charge in [0.15, 0.2) is 0 Å². The largest absolute Gasteiger partial charge is 0.290 e. The Morgan fingerprint density at radius 2 is 1.72 bits per heavy atom. The zero-order valence-corrected chi connectivity index (χ0v) is 11.4. The van der Waals surface area contributed by atoms with Gasteiger partial charge in [0.05, 0.1) is 4.91 Å². The maximum Gasteiger partial charge on any atom is 0.290 e. The first-order valence-corrected chi connectivity index (χ1v) is 6.53. The van der Waals surface area contributed by atoms with Gasteiger partial charge in [-0.15, -0.1) is 0 Å². The molecule has 0 atom stereocenters. The highest BCUT2D eigenvalue weighted by Crippen LogP contribution is 2.27. The number of nitrogens with one attached hydrogen (secondary N) is 1. The van der Waals surface area contributed by atoms with E-state index in [1.54, 1.807) is 6.08 Å². The van der Waals surface area contributed by atoms with Crippen LogP contribution in [0.2, 0.25) is 0 Å². The number of carbonyl (C=O) groups is 2. The summed E-state index contributed by atoms with van der Waals surface area (Å²) in [5.74, 6) is -0.315. The molecule has 1 aliphatic heterocycles. The SMILES string of the molecule is CC(C)(C)c1ccc(C=C2SC(=O)NC2=O)cc1. The molecule has 2 amide bonds. The summed E-state index contributed by atoms with van der Waals surface area (Å²) in [4.78, 5) is 22.9. The lowest BCUT2D eigenvalue weighted by atomic mass is 9.87. The molecule has 1 aromatic carbocycles. The molecule has 1 fully saturated rings. The van der Waals surface area contributed by atoms with Crippen LogP contribution < -0.4 is 5.32 Å².